The average molecular weight is 379 g/mol. The molecule has 0 bridgehead atoms. The van der Waals surface area contributed by atoms with Crippen molar-refractivity contribution in [1.82, 2.24) is 0 Å². The highest BCUT2D eigenvalue weighted by Crippen LogP contribution is 2.38. The smallest absolute Gasteiger partial charge is 0.296 e. The number of fused-ring (bicyclic) bond motifs is 1. The summed E-state index contributed by atoms with van der Waals surface area (Å²) in [5.74, 6) is 0. The Morgan fingerprint density at radius 1 is 0.760 bits per heavy atom. The Hall–Kier alpha value is -2.46. The third-order valence-corrected chi connectivity index (χ3v) is 5.66. The van der Waals surface area contributed by atoms with Gasteiger partial charge in [0, 0.05) is 11.1 Å². The summed E-state index contributed by atoms with van der Waals surface area (Å²) >= 11 is 0. The molecular weight excluding hydrogens is 366 g/mol. The van der Waals surface area contributed by atoms with Crippen molar-refractivity contribution in [1.29, 1.82) is 0 Å². The summed E-state index contributed by atoms with van der Waals surface area (Å²) in [4.78, 5) is -1.82. The van der Waals surface area contributed by atoms with Crippen LogP contribution in [0.1, 0.15) is 0 Å². The van der Waals surface area contributed by atoms with Crippen LogP contribution in [0.5, 0.6) is 0 Å². The van der Waals surface area contributed by atoms with Crippen LogP contribution in [0, 0.1) is 0 Å². The molecule has 3 aromatic carbocycles. The zero-order chi connectivity index (χ0) is 18.4. The second-order valence-electron chi connectivity index (χ2n) is 5.37. The first kappa shape index (κ1) is 17.4. The number of nitrogen functional groups attached to an aromatic ring is 1. The van der Waals surface area contributed by atoms with Crippen LogP contribution >= 0.6 is 0 Å². The topological polar surface area (TPSA) is 135 Å². The molecule has 0 amide bonds. The molecule has 0 aliphatic carbocycles. The van der Waals surface area contributed by atoms with Gasteiger partial charge in [-0.15, -0.1) is 0 Å². The van der Waals surface area contributed by atoms with Crippen molar-refractivity contribution in [3.05, 3.63) is 54.6 Å². The molecule has 4 N–H and O–H groups in total. The van der Waals surface area contributed by atoms with Crippen molar-refractivity contribution in [2.24, 2.45) is 0 Å². The summed E-state index contributed by atoms with van der Waals surface area (Å²) in [5, 5.41) is 0.261. The maximum atomic E-state index is 11.8. The van der Waals surface area contributed by atoms with Crippen molar-refractivity contribution in [3.63, 3.8) is 0 Å². The van der Waals surface area contributed by atoms with Gasteiger partial charge in [0.25, 0.3) is 20.2 Å². The summed E-state index contributed by atoms with van der Waals surface area (Å²) in [6.45, 7) is 0. The minimum absolute atomic E-state index is 0.100. The van der Waals surface area contributed by atoms with Crippen molar-refractivity contribution >= 4 is 36.7 Å². The molecule has 0 aromatic heterocycles. The van der Waals surface area contributed by atoms with E-state index in [-0.39, 0.29) is 11.1 Å². The van der Waals surface area contributed by atoms with Gasteiger partial charge < -0.3 is 5.73 Å². The number of benzene rings is 3. The summed E-state index contributed by atoms with van der Waals surface area (Å²) in [7, 11) is -9.89. The summed E-state index contributed by atoms with van der Waals surface area (Å²) < 4.78 is 66.2. The molecule has 0 saturated carbocycles. The van der Waals surface area contributed by atoms with E-state index in [0.717, 1.165) is 6.07 Å². The van der Waals surface area contributed by atoms with Crippen LogP contribution in [-0.2, 0) is 20.2 Å². The average Bonchev–Trinajstić information content (AvgIpc) is 2.52. The molecule has 0 aliphatic rings. The van der Waals surface area contributed by atoms with Crippen molar-refractivity contribution in [2.45, 2.75) is 9.79 Å². The van der Waals surface area contributed by atoms with E-state index in [2.05, 4.69) is 0 Å². The van der Waals surface area contributed by atoms with E-state index < -0.39 is 30.0 Å². The molecule has 0 spiro atoms. The first-order valence-corrected chi connectivity index (χ1v) is 9.83. The molecule has 3 rings (SSSR count). The molecule has 0 radical (unpaired) electrons. The van der Waals surface area contributed by atoms with Crippen molar-refractivity contribution < 1.29 is 25.9 Å². The fourth-order valence-electron chi connectivity index (χ4n) is 2.71. The number of hydrogen-bond donors (Lipinski definition) is 3. The van der Waals surface area contributed by atoms with Gasteiger partial charge in [0.05, 0.1) is 0 Å². The lowest BCUT2D eigenvalue weighted by atomic mass is 9.98. The minimum Gasteiger partial charge on any atom is -0.399 e. The molecule has 0 atom stereocenters. The molecule has 0 saturated heterocycles. The molecule has 130 valence electrons. The summed E-state index contributed by atoms with van der Waals surface area (Å²) in [5.41, 5.74) is 6.84. The number of anilines is 1. The minimum atomic E-state index is -4.95. The second kappa shape index (κ2) is 5.81. The highest BCUT2D eigenvalue weighted by molar-refractivity contribution is 7.89. The highest BCUT2D eigenvalue weighted by atomic mass is 32.2. The predicted octanol–water partition coefficient (Wildman–Crippen LogP) is 2.58. The normalized spacial score (nSPS) is 12.4. The van der Waals surface area contributed by atoms with Gasteiger partial charge in [-0.2, -0.15) is 16.8 Å². The largest absolute Gasteiger partial charge is 0.399 e. The maximum Gasteiger partial charge on any atom is 0.296 e. The van der Waals surface area contributed by atoms with Crippen LogP contribution in [-0.4, -0.2) is 25.9 Å². The molecular formula is C16H13NO6S2. The Balaban J connectivity index is 2.62. The number of rotatable bonds is 3. The molecule has 0 aliphatic heterocycles. The van der Waals surface area contributed by atoms with Gasteiger partial charge in [0.1, 0.15) is 9.79 Å². The lowest BCUT2D eigenvalue weighted by Gasteiger charge is -2.14. The summed E-state index contributed by atoms with van der Waals surface area (Å²) in [6.07, 6.45) is 0. The van der Waals surface area contributed by atoms with Gasteiger partial charge in [-0.1, -0.05) is 36.4 Å². The predicted molar refractivity (Wildman–Crippen MR) is 93.4 cm³/mol. The first-order chi connectivity index (χ1) is 11.6. The van der Waals surface area contributed by atoms with E-state index in [1.807, 2.05) is 0 Å². The molecule has 3 aromatic rings. The standard InChI is InChI=1S/C16H13NO6S2/c17-11-6-7-12-13(10-4-2-1-3-5-10)9-15(24(18,19)20)16(14(12)8-11)25(21,22)23/h1-9H,17H2,(H,18,19,20)(H,21,22,23). The van der Waals surface area contributed by atoms with E-state index in [0.29, 0.717) is 16.5 Å². The van der Waals surface area contributed by atoms with Gasteiger partial charge in [-0.25, -0.2) is 0 Å². The second-order valence-corrected chi connectivity index (χ2v) is 8.12. The molecule has 25 heavy (non-hydrogen) atoms. The van der Waals surface area contributed by atoms with Crippen LogP contribution in [0.3, 0.4) is 0 Å². The first-order valence-electron chi connectivity index (χ1n) is 6.95. The number of nitrogens with two attached hydrogens (primary N) is 1. The Morgan fingerprint density at radius 2 is 1.40 bits per heavy atom. The van der Waals surface area contributed by atoms with Crippen molar-refractivity contribution in [3.8, 4) is 11.1 Å². The van der Waals surface area contributed by atoms with E-state index in [4.69, 9.17) is 5.73 Å². The maximum absolute atomic E-state index is 11.8. The van der Waals surface area contributed by atoms with E-state index in [9.17, 15) is 25.9 Å². The molecule has 0 unspecified atom stereocenters. The van der Waals surface area contributed by atoms with Crippen molar-refractivity contribution in [2.75, 3.05) is 5.73 Å². The zero-order valence-electron chi connectivity index (χ0n) is 12.6. The lowest BCUT2D eigenvalue weighted by molar-refractivity contribution is 0.468. The third-order valence-electron chi connectivity index (χ3n) is 3.70. The van der Waals surface area contributed by atoms with E-state index >= 15 is 0 Å². The molecule has 0 fully saturated rings. The monoisotopic (exact) mass is 379 g/mol. The Bertz CT molecular complexity index is 1190. The van der Waals surface area contributed by atoms with Gasteiger partial charge >= 0.3 is 0 Å². The Kier molecular flexibility index (Phi) is 4.04. The fraction of sp³-hybridized carbons (Fsp3) is 0. The lowest BCUT2D eigenvalue weighted by Crippen LogP contribution is -2.10. The fourth-order valence-corrected chi connectivity index (χ4v) is 4.71. The van der Waals surface area contributed by atoms with Crippen LogP contribution in [0.15, 0.2) is 64.4 Å². The zero-order valence-corrected chi connectivity index (χ0v) is 14.3. The van der Waals surface area contributed by atoms with Gasteiger partial charge in [-0.3, -0.25) is 9.11 Å². The Morgan fingerprint density at radius 3 is 1.96 bits per heavy atom. The van der Waals surface area contributed by atoms with E-state index in [1.165, 1.54) is 18.2 Å². The summed E-state index contributed by atoms with van der Waals surface area (Å²) in [6, 6.07) is 13.9. The molecule has 9 heteroatoms. The van der Waals surface area contributed by atoms with Gasteiger partial charge in [0.2, 0.25) is 0 Å². The van der Waals surface area contributed by atoms with Crippen LogP contribution in [0.2, 0.25) is 0 Å². The van der Waals surface area contributed by atoms with Gasteiger partial charge in [-0.05, 0) is 34.7 Å². The molecule has 7 nitrogen and oxygen atoms in total. The quantitative estimate of drug-likeness (QED) is 0.470. The number of hydrogen-bond acceptors (Lipinski definition) is 5. The van der Waals surface area contributed by atoms with Crippen LogP contribution in [0.25, 0.3) is 21.9 Å². The highest BCUT2D eigenvalue weighted by Gasteiger charge is 2.28. The van der Waals surface area contributed by atoms with Crippen LogP contribution < -0.4 is 5.73 Å². The third kappa shape index (κ3) is 3.22. The SMILES string of the molecule is Nc1ccc2c(-c3ccccc3)cc(S(=O)(=O)O)c(S(=O)(=O)O)c2c1. The van der Waals surface area contributed by atoms with Gasteiger partial charge in [0.15, 0.2) is 0 Å². The van der Waals surface area contributed by atoms with E-state index in [1.54, 1.807) is 30.3 Å². The van der Waals surface area contributed by atoms with Crippen LogP contribution in [0.4, 0.5) is 5.69 Å². The Labute approximate surface area is 144 Å². The molecule has 0 heterocycles.